The maximum atomic E-state index is 12.6. The molecule has 1 saturated heterocycles. The number of thioether (sulfide) groups is 1. The first-order valence-electron chi connectivity index (χ1n) is 9.68. The Morgan fingerprint density at radius 1 is 1.07 bits per heavy atom. The number of oxazole rings is 1. The topological polar surface area (TPSA) is 46.3 Å². The van der Waals surface area contributed by atoms with E-state index in [0.717, 1.165) is 48.4 Å². The lowest BCUT2D eigenvalue weighted by atomic mass is 10.0. The smallest absolute Gasteiger partial charge is 0.233 e. The summed E-state index contributed by atoms with van der Waals surface area (Å²) in [4.78, 5) is 19.5. The van der Waals surface area contributed by atoms with Gasteiger partial charge in [-0.05, 0) is 25.5 Å². The minimum absolute atomic E-state index is 0.0895. The SMILES string of the molecule is CSCC(=O)N1CCCCC1c1nc(-c2ccccc2)c(-c2ccccc2)o1. The van der Waals surface area contributed by atoms with Gasteiger partial charge in [0, 0.05) is 17.7 Å². The molecule has 1 aromatic heterocycles. The maximum Gasteiger partial charge on any atom is 0.233 e. The van der Waals surface area contributed by atoms with Crippen molar-refractivity contribution in [1.29, 1.82) is 0 Å². The quantitative estimate of drug-likeness (QED) is 0.581. The Labute approximate surface area is 170 Å². The van der Waals surface area contributed by atoms with E-state index in [4.69, 9.17) is 9.40 Å². The fraction of sp³-hybridized carbons (Fsp3) is 0.304. The second kappa shape index (κ2) is 8.65. The summed E-state index contributed by atoms with van der Waals surface area (Å²) in [6.45, 7) is 0.772. The highest BCUT2D eigenvalue weighted by molar-refractivity contribution is 7.99. The largest absolute Gasteiger partial charge is 0.438 e. The second-order valence-electron chi connectivity index (χ2n) is 6.99. The van der Waals surface area contributed by atoms with Gasteiger partial charge in [-0.2, -0.15) is 11.8 Å². The van der Waals surface area contributed by atoms with Crippen LogP contribution in [0.4, 0.5) is 0 Å². The fourth-order valence-corrected chi connectivity index (χ4v) is 4.16. The summed E-state index contributed by atoms with van der Waals surface area (Å²) in [7, 11) is 0. The molecule has 4 rings (SSSR count). The molecule has 0 spiro atoms. The lowest BCUT2D eigenvalue weighted by molar-refractivity contribution is -0.132. The van der Waals surface area contributed by atoms with Gasteiger partial charge >= 0.3 is 0 Å². The molecule has 1 fully saturated rings. The predicted molar refractivity (Wildman–Crippen MR) is 114 cm³/mol. The van der Waals surface area contributed by atoms with Gasteiger partial charge in [-0.25, -0.2) is 4.98 Å². The molecule has 144 valence electrons. The molecular weight excluding hydrogens is 368 g/mol. The summed E-state index contributed by atoms with van der Waals surface area (Å²) in [6.07, 6.45) is 4.97. The van der Waals surface area contributed by atoms with Crippen molar-refractivity contribution in [3.8, 4) is 22.6 Å². The molecule has 0 saturated carbocycles. The van der Waals surface area contributed by atoms with E-state index in [9.17, 15) is 4.79 Å². The number of carbonyl (C=O) groups is 1. The van der Waals surface area contributed by atoms with Gasteiger partial charge in [0.05, 0.1) is 5.75 Å². The van der Waals surface area contributed by atoms with Crippen LogP contribution in [0, 0.1) is 0 Å². The van der Waals surface area contributed by atoms with Crippen molar-refractivity contribution in [1.82, 2.24) is 9.88 Å². The van der Waals surface area contributed by atoms with Gasteiger partial charge in [-0.1, -0.05) is 60.7 Å². The van der Waals surface area contributed by atoms with Crippen LogP contribution in [0.25, 0.3) is 22.6 Å². The summed E-state index contributed by atoms with van der Waals surface area (Å²) in [5.41, 5.74) is 2.86. The van der Waals surface area contributed by atoms with E-state index in [2.05, 4.69) is 0 Å². The third-order valence-electron chi connectivity index (χ3n) is 5.10. The minimum atomic E-state index is -0.0895. The number of amides is 1. The van der Waals surface area contributed by atoms with Gasteiger partial charge in [0.25, 0.3) is 0 Å². The normalized spacial score (nSPS) is 16.9. The van der Waals surface area contributed by atoms with Gasteiger partial charge in [0.2, 0.25) is 11.8 Å². The Kier molecular flexibility index (Phi) is 5.81. The molecule has 1 aliphatic rings. The minimum Gasteiger partial charge on any atom is -0.438 e. The summed E-state index contributed by atoms with van der Waals surface area (Å²) >= 11 is 1.56. The van der Waals surface area contributed by atoms with E-state index < -0.39 is 0 Å². The molecule has 0 bridgehead atoms. The van der Waals surface area contributed by atoms with Gasteiger partial charge in [-0.3, -0.25) is 4.79 Å². The molecule has 0 N–H and O–H groups in total. The van der Waals surface area contributed by atoms with Crippen LogP contribution in [0.2, 0.25) is 0 Å². The number of benzene rings is 2. The Morgan fingerprint density at radius 3 is 2.43 bits per heavy atom. The molecule has 1 unspecified atom stereocenters. The Bertz CT molecular complexity index is 867. The van der Waals surface area contributed by atoms with Gasteiger partial charge in [-0.15, -0.1) is 0 Å². The number of piperidine rings is 1. The van der Waals surface area contributed by atoms with E-state index in [-0.39, 0.29) is 11.9 Å². The third kappa shape index (κ3) is 3.85. The van der Waals surface area contributed by atoms with Gasteiger partial charge < -0.3 is 9.32 Å². The monoisotopic (exact) mass is 392 g/mol. The highest BCUT2D eigenvalue weighted by Gasteiger charge is 2.32. The lowest BCUT2D eigenvalue weighted by Crippen LogP contribution is -2.39. The molecule has 28 heavy (non-hydrogen) atoms. The zero-order chi connectivity index (χ0) is 19.3. The highest BCUT2D eigenvalue weighted by atomic mass is 32.2. The van der Waals surface area contributed by atoms with E-state index in [1.54, 1.807) is 11.8 Å². The summed E-state index contributed by atoms with van der Waals surface area (Å²) in [5.74, 6) is 2.07. The number of nitrogens with zero attached hydrogens (tertiary/aromatic N) is 2. The third-order valence-corrected chi connectivity index (χ3v) is 5.64. The fourth-order valence-electron chi connectivity index (χ4n) is 3.75. The van der Waals surface area contributed by atoms with Crippen molar-refractivity contribution >= 4 is 17.7 Å². The van der Waals surface area contributed by atoms with E-state index in [1.165, 1.54) is 0 Å². The Balaban J connectivity index is 1.77. The van der Waals surface area contributed by atoms with Crippen molar-refractivity contribution in [2.45, 2.75) is 25.3 Å². The number of carbonyl (C=O) groups excluding carboxylic acids is 1. The first-order chi connectivity index (χ1) is 13.8. The molecule has 2 aromatic carbocycles. The van der Waals surface area contributed by atoms with Crippen molar-refractivity contribution in [2.75, 3.05) is 18.6 Å². The van der Waals surface area contributed by atoms with E-state index in [1.807, 2.05) is 71.8 Å². The van der Waals surface area contributed by atoms with E-state index >= 15 is 0 Å². The average molecular weight is 393 g/mol. The number of aromatic nitrogens is 1. The standard InChI is InChI=1S/C23H24N2O2S/c1-28-16-20(26)25-15-9-8-14-19(25)23-24-21(17-10-4-2-5-11-17)22(27-23)18-12-6-3-7-13-18/h2-7,10-13,19H,8-9,14-16H2,1H3. The molecule has 1 amide bonds. The van der Waals surface area contributed by atoms with Crippen LogP contribution < -0.4 is 0 Å². The first-order valence-corrected chi connectivity index (χ1v) is 11.1. The number of hydrogen-bond acceptors (Lipinski definition) is 4. The second-order valence-corrected chi connectivity index (χ2v) is 7.86. The lowest BCUT2D eigenvalue weighted by Gasteiger charge is -2.33. The zero-order valence-corrected chi connectivity index (χ0v) is 16.8. The number of hydrogen-bond donors (Lipinski definition) is 0. The van der Waals surface area contributed by atoms with Crippen LogP contribution in [0.3, 0.4) is 0 Å². The number of rotatable bonds is 5. The number of likely N-dealkylation sites (tertiary alicyclic amines) is 1. The van der Waals surface area contributed by atoms with E-state index in [0.29, 0.717) is 11.6 Å². The van der Waals surface area contributed by atoms with Crippen molar-refractivity contribution in [3.05, 3.63) is 66.6 Å². The molecule has 4 nitrogen and oxygen atoms in total. The molecular formula is C23H24N2O2S. The van der Waals surface area contributed by atoms with Crippen molar-refractivity contribution in [3.63, 3.8) is 0 Å². The van der Waals surface area contributed by atoms with Crippen LogP contribution >= 0.6 is 11.8 Å². The van der Waals surface area contributed by atoms with Crippen LogP contribution in [0.5, 0.6) is 0 Å². The molecule has 0 radical (unpaired) electrons. The van der Waals surface area contributed by atoms with Crippen LogP contribution in [-0.2, 0) is 4.79 Å². The highest BCUT2D eigenvalue weighted by Crippen LogP contribution is 2.38. The molecule has 0 aliphatic carbocycles. The molecule has 5 heteroatoms. The Hall–Kier alpha value is -2.53. The summed E-state index contributed by atoms with van der Waals surface area (Å²) < 4.78 is 6.34. The molecule has 3 aromatic rings. The Morgan fingerprint density at radius 2 is 1.75 bits per heavy atom. The molecule has 2 heterocycles. The summed E-state index contributed by atoms with van der Waals surface area (Å²) in [5, 5.41) is 0. The van der Waals surface area contributed by atoms with Gasteiger partial charge in [0.1, 0.15) is 11.7 Å². The van der Waals surface area contributed by atoms with Crippen molar-refractivity contribution < 1.29 is 9.21 Å². The van der Waals surface area contributed by atoms with Gasteiger partial charge in [0.15, 0.2) is 5.76 Å². The zero-order valence-electron chi connectivity index (χ0n) is 16.0. The van der Waals surface area contributed by atoms with Crippen LogP contribution in [0.15, 0.2) is 65.1 Å². The molecule has 1 atom stereocenters. The maximum absolute atomic E-state index is 12.6. The molecule has 1 aliphatic heterocycles. The summed E-state index contributed by atoms with van der Waals surface area (Å²) in [6, 6.07) is 20.1. The predicted octanol–water partition coefficient (Wildman–Crippen LogP) is 5.43. The first kappa shape index (κ1) is 18.8. The van der Waals surface area contributed by atoms with Crippen molar-refractivity contribution in [2.24, 2.45) is 0 Å². The van der Waals surface area contributed by atoms with Crippen LogP contribution in [0.1, 0.15) is 31.2 Å². The van der Waals surface area contributed by atoms with Crippen LogP contribution in [-0.4, -0.2) is 34.3 Å². The average Bonchev–Trinajstić information content (AvgIpc) is 3.20.